The molecule has 3 aromatic carbocycles. The molecule has 0 saturated carbocycles. The molecule has 0 bridgehead atoms. The van der Waals surface area contributed by atoms with Crippen LogP contribution in [0.1, 0.15) is 27.0 Å². The van der Waals surface area contributed by atoms with Crippen molar-refractivity contribution in [2.45, 2.75) is 13.5 Å². The standard InChI is InChI=1S/C23H19BrFNO3/c1-15-19(23(27)29-17-11-7-4-8-12-17)22(20(24)18(13-26-2)21(15)25)28-14-16-9-5-3-6-10-16/h3-13H,14H2,1-2H3/b26-13+. The second-order valence-corrected chi connectivity index (χ2v) is 7.03. The molecule has 0 atom stereocenters. The Morgan fingerprint density at radius 3 is 2.34 bits per heavy atom. The summed E-state index contributed by atoms with van der Waals surface area (Å²) in [6.07, 6.45) is 1.38. The smallest absolute Gasteiger partial charge is 0.347 e. The fourth-order valence-corrected chi connectivity index (χ4v) is 3.40. The molecular formula is C23H19BrFNO3. The predicted octanol–water partition coefficient (Wildman–Crippen LogP) is 5.74. The van der Waals surface area contributed by atoms with Crippen LogP contribution in [0.15, 0.2) is 70.1 Å². The van der Waals surface area contributed by atoms with Crippen molar-refractivity contribution in [1.82, 2.24) is 0 Å². The van der Waals surface area contributed by atoms with E-state index < -0.39 is 11.8 Å². The largest absolute Gasteiger partial charge is 0.487 e. The van der Waals surface area contributed by atoms with Gasteiger partial charge in [-0.05, 0) is 40.5 Å². The molecule has 0 aromatic heterocycles. The van der Waals surface area contributed by atoms with Gasteiger partial charge in [0.05, 0.1) is 4.47 Å². The summed E-state index contributed by atoms with van der Waals surface area (Å²) in [5.41, 5.74) is 1.29. The van der Waals surface area contributed by atoms with Crippen LogP contribution in [0, 0.1) is 12.7 Å². The highest BCUT2D eigenvalue weighted by Gasteiger charge is 2.27. The van der Waals surface area contributed by atoms with Crippen molar-refractivity contribution >= 4 is 28.1 Å². The van der Waals surface area contributed by atoms with Crippen molar-refractivity contribution in [1.29, 1.82) is 0 Å². The van der Waals surface area contributed by atoms with Gasteiger partial charge < -0.3 is 9.47 Å². The van der Waals surface area contributed by atoms with Gasteiger partial charge in [0.25, 0.3) is 0 Å². The molecule has 0 aliphatic heterocycles. The van der Waals surface area contributed by atoms with Gasteiger partial charge in [-0.2, -0.15) is 0 Å². The topological polar surface area (TPSA) is 47.9 Å². The summed E-state index contributed by atoms with van der Waals surface area (Å²) >= 11 is 3.38. The first-order valence-electron chi connectivity index (χ1n) is 8.90. The minimum absolute atomic E-state index is 0.0300. The second-order valence-electron chi connectivity index (χ2n) is 6.23. The Kier molecular flexibility index (Phi) is 6.77. The Hall–Kier alpha value is -2.99. The number of carbonyl (C=O) groups is 1. The molecule has 0 N–H and O–H groups in total. The molecule has 148 valence electrons. The zero-order valence-corrected chi connectivity index (χ0v) is 17.6. The van der Waals surface area contributed by atoms with E-state index in [-0.39, 0.29) is 29.0 Å². The van der Waals surface area contributed by atoms with Crippen LogP contribution < -0.4 is 9.47 Å². The van der Waals surface area contributed by atoms with Crippen LogP contribution in [0.3, 0.4) is 0 Å². The highest BCUT2D eigenvalue weighted by atomic mass is 79.9. The molecule has 29 heavy (non-hydrogen) atoms. The Labute approximate surface area is 177 Å². The van der Waals surface area contributed by atoms with E-state index in [0.29, 0.717) is 10.2 Å². The number of para-hydroxylation sites is 1. The number of benzene rings is 3. The van der Waals surface area contributed by atoms with Gasteiger partial charge in [-0.1, -0.05) is 48.5 Å². The molecule has 6 heteroatoms. The third-order valence-corrected chi connectivity index (χ3v) is 5.03. The lowest BCUT2D eigenvalue weighted by molar-refractivity contribution is 0.0728. The summed E-state index contributed by atoms with van der Waals surface area (Å²) in [6.45, 7) is 1.73. The average Bonchev–Trinajstić information content (AvgIpc) is 2.74. The fraction of sp³-hybridized carbons (Fsp3) is 0.130. The van der Waals surface area contributed by atoms with Gasteiger partial charge in [-0.3, -0.25) is 4.99 Å². The lowest BCUT2D eigenvalue weighted by Gasteiger charge is -2.18. The van der Waals surface area contributed by atoms with Crippen LogP contribution in [-0.4, -0.2) is 19.2 Å². The predicted molar refractivity (Wildman–Crippen MR) is 115 cm³/mol. The first-order chi connectivity index (χ1) is 14.0. The average molecular weight is 456 g/mol. The van der Waals surface area contributed by atoms with Crippen molar-refractivity contribution in [3.8, 4) is 11.5 Å². The van der Waals surface area contributed by atoms with Crippen molar-refractivity contribution in [2.75, 3.05) is 7.05 Å². The van der Waals surface area contributed by atoms with E-state index in [1.54, 1.807) is 31.3 Å². The molecule has 0 saturated heterocycles. The number of esters is 1. The van der Waals surface area contributed by atoms with Gasteiger partial charge in [-0.25, -0.2) is 9.18 Å². The molecule has 0 aliphatic rings. The third kappa shape index (κ3) is 4.71. The normalized spacial score (nSPS) is 10.9. The summed E-state index contributed by atoms with van der Waals surface area (Å²) in [5, 5.41) is 0. The van der Waals surface area contributed by atoms with E-state index >= 15 is 0 Å². The number of rotatable bonds is 6. The summed E-state index contributed by atoms with van der Waals surface area (Å²) < 4.78 is 26.7. The van der Waals surface area contributed by atoms with Crippen molar-refractivity contribution in [3.05, 3.63) is 93.2 Å². The van der Waals surface area contributed by atoms with Gasteiger partial charge in [0.15, 0.2) is 0 Å². The molecule has 0 amide bonds. The van der Waals surface area contributed by atoms with E-state index in [4.69, 9.17) is 9.47 Å². The van der Waals surface area contributed by atoms with Gasteiger partial charge in [0.2, 0.25) is 0 Å². The highest BCUT2D eigenvalue weighted by molar-refractivity contribution is 9.10. The summed E-state index contributed by atoms with van der Waals surface area (Å²) in [4.78, 5) is 16.8. The number of aliphatic imine (C=N–C) groups is 1. The van der Waals surface area contributed by atoms with Crippen LogP contribution in [0.5, 0.6) is 11.5 Å². The van der Waals surface area contributed by atoms with E-state index in [1.807, 2.05) is 36.4 Å². The molecule has 0 unspecified atom stereocenters. The number of carbonyl (C=O) groups excluding carboxylic acids is 1. The molecule has 0 radical (unpaired) electrons. The summed E-state index contributed by atoms with van der Waals surface area (Å²) in [5.74, 6) is -0.684. The summed E-state index contributed by atoms with van der Waals surface area (Å²) in [7, 11) is 1.54. The fourth-order valence-electron chi connectivity index (χ4n) is 2.81. The SMILES string of the molecule is C/N=C/c1c(F)c(C)c(C(=O)Oc2ccccc2)c(OCc2ccccc2)c1Br. The van der Waals surface area contributed by atoms with E-state index in [2.05, 4.69) is 20.9 Å². The number of ether oxygens (including phenoxy) is 2. The third-order valence-electron chi connectivity index (χ3n) is 4.25. The quantitative estimate of drug-likeness (QED) is 0.270. The molecule has 3 aromatic rings. The first kappa shape index (κ1) is 20.7. The Morgan fingerprint density at radius 2 is 1.72 bits per heavy atom. The Morgan fingerprint density at radius 1 is 1.10 bits per heavy atom. The molecular weight excluding hydrogens is 437 g/mol. The monoisotopic (exact) mass is 455 g/mol. The van der Waals surface area contributed by atoms with Crippen LogP contribution in [0.25, 0.3) is 0 Å². The molecule has 3 rings (SSSR count). The van der Waals surface area contributed by atoms with Crippen LogP contribution in [0.4, 0.5) is 4.39 Å². The van der Waals surface area contributed by atoms with E-state index in [9.17, 15) is 9.18 Å². The maximum absolute atomic E-state index is 15.0. The Balaban J connectivity index is 2.05. The van der Waals surface area contributed by atoms with Gasteiger partial charge >= 0.3 is 5.97 Å². The summed E-state index contributed by atoms with van der Waals surface area (Å²) in [6, 6.07) is 18.1. The number of hydrogen-bond acceptors (Lipinski definition) is 4. The minimum atomic E-state index is -0.698. The maximum Gasteiger partial charge on any atom is 0.347 e. The second kappa shape index (κ2) is 9.47. The lowest BCUT2D eigenvalue weighted by Crippen LogP contribution is -2.16. The zero-order chi connectivity index (χ0) is 20.8. The lowest BCUT2D eigenvalue weighted by atomic mass is 10.0. The van der Waals surface area contributed by atoms with Gasteiger partial charge in [0, 0.05) is 24.4 Å². The Bertz CT molecular complexity index is 1040. The number of halogens is 2. The molecule has 0 fully saturated rings. The van der Waals surface area contributed by atoms with Crippen molar-refractivity contribution in [2.24, 2.45) is 4.99 Å². The molecule has 0 spiro atoms. The molecule has 0 aliphatic carbocycles. The maximum atomic E-state index is 15.0. The molecule has 0 heterocycles. The van der Waals surface area contributed by atoms with Crippen LogP contribution in [-0.2, 0) is 6.61 Å². The van der Waals surface area contributed by atoms with Gasteiger partial charge in [0.1, 0.15) is 29.5 Å². The highest BCUT2D eigenvalue weighted by Crippen LogP contribution is 2.38. The van der Waals surface area contributed by atoms with E-state index in [1.165, 1.54) is 13.1 Å². The van der Waals surface area contributed by atoms with Gasteiger partial charge in [-0.15, -0.1) is 0 Å². The van der Waals surface area contributed by atoms with Crippen LogP contribution >= 0.6 is 15.9 Å². The zero-order valence-electron chi connectivity index (χ0n) is 16.0. The molecule has 4 nitrogen and oxygen atoms in total. The first-order valence-corrected chi connectivity index (χ1v) is 9.70. The van der Waals surface area contributed by atoms with Crippen molar-refractivity contribution in [3.63, 3.8) is 0 Å². The minimum Gasteiger partial charge on any atom is -0.487 e. The van der Waals surface area contributed by atoms with Crippen molar-refractivity contribution < 1.29 is 18.7 Å². The number of nitrogens with zero attached hydrogens (tertiary/aromatic N) is 1. The van der Waals surface area contributed by atoms with Crippen LogP contribution in [0.2, 0.25) is 0 Å². The van der Waals surface area contributed by atoms with E-state index in [0.717, 1.165) is 5.56 Å². The number of hydrogen-bond donors (Lipinski definition) is 0.